The van der Waals surface area contributed by atoms with E-state index >= 15 is 0 Å². The van der Waals surface area contributed by atoms with E-state index < -0.39 is 53.5 Å². The summed E-state index contributed by atoms with van der Waals surface area (Å²) >= 11 is 0. The Bertz CT molecular complexity index is 1460. The third-order valence-electron chi connectivity index (χ3n) is 7.16. The zero-order valence-corrected chi connectivity index (χ0v) is 22.4. The third kappa shape index (κ3) is 6.22. The summed E-state index contributed by atoms with van der Waals surface area (Å²) in [5, 5.41) is 10.9. The Morgan fingerprint density at radius 1 is 0.929 bits per heavy atom. The molecule has 0 aliphatic carbocycles. The summed E-state index contributed by atoms with van der Waals surface area (Å²) in [5.41, 5.74) is 1.23. The van der Waals surface area contributed by atoms with Gasteiger partial charge >= 0.3 is 18.0 Å². The molecule has 0 spiro atoms. The van der Waals surface area contributed by atoms with Crippen molar-refractivity contribution in [1.29, 1.82) is 0 Å². The van der Waals surface area contributed by atoms with Crippen molar-refractivity contribution in [2.24, 2.45) is 0 Å². The topological polar surface area (TPSA) is 146 Å². The van der Waals surface area contributed by atoms with Crippen molar-refractivity contribution in [3.63, 3.8) is 0 Å². The number of cyclic esters (lactones) is 1. The van der Waals surface area contributed by atoms with Crippen LogP contribution < -0.4 is 4.74 Å². The average Bonchev–Trinajstić information content (AvgIpc) is 3.38. The van der Waals surface area contributed by atoms with Gasteiger partial charge in [0.05, 0.1) is 17.0 Å². The molecule has 216 valence electrons. The quantitative estimate of drug-likeness (QED) is 0.110. The maximum Gasteiger partial charge on any atom is 0.411 e. The van der Waals surface area contributed by atoms with Crippen molar-refractivity contribution in [2.75, 3.05) is 13.2 Å². The van der Waals surface area contributed by atoms with E-state index in [2.05, 4.69) is 0 Å². The van der Waals surface area contributed by atoms with Crippen molar-refractivity contribution in [2.45, 2.75) is 37.6 Å². The highest BCUT2D eigenvalue weighted by atomic mass is 16.6. The van der Waals surface area contributed by atoms with Gasteiger partial charge < -0.3 is 19.1 Å². The predicted octanol–water partition coefficient (Wildman–Crippen LogP) is 3.80. The summed E-state index contributed by atoms with van der Waals surface area (Å²) in [7, 11) is 0. The Morgan fingerprint density at radius 2 is 1.60 bits per heavy atom. The molecular weight excluding hydrogens is 546 g/mol. The maximum atomic E-state index is 13.4. The van der Waals surface area contributed by atoms with Crippen LogP contribution in [-0.4, -0.2) is 63.9 Å². The van der Waals surface area contributed by atoms with E-state index in [1.165, 1.54) is 34.1 Å². The number of carbonyl (C=O) groups is 4. The summed E-state index contributed by atoms with van der Waals surface area (Å²) < 4.78 is 16.0. The zero-order valence-electron chi connectivity index (χ0n) is 22.4. The highest BCUT2D eigenvalue weighted by molar-refractivity contribution is 5.95. The van der Waals surface area contributed by atoms with Crippen LogP contribution in [0.25, 0.3) is 0 Å². The number of rotatable bonds is 11. The molecule has 2 amide bonds. The first kappa shape index (κ1) is 28.3. The number of non-ortho nitro benzene ring substituents is 1. The summed E-state index contributed by atoms with van der Waals surface area (Å²) in [6, 6.07) is 21.1. The van der Waals surface area contributed by atoms with Gasteiger partial charge in [-0.05, 0) is 41.8 Å². The molecule has 3 unspecified atom stereocenters. The first-order valence-corrected chi connectivity index (χ1v) is 13.3. The lowest BCUT2D eigenvalue weighted by molar-refractivity contribution is -0.384. The fourth-order valence-corrected chi connectivity index (χ4v) is 5.07. The fraction of sp³-hybridized carbons (Fsp3) is 0.267. The number of nitro benzene ring substituents is 1. The van der Waals surface area contributed by atoms with Crippen molar-refractivity contribution < 1.29 is 38.3 Å². The number of nitro groups is 1. The van der Waals surface area contributed by atoms with Crippen LogP contribution in [0.3, 0.4) is 0 Å². The number of esters is 2. The number of benzene rings is 3. The van der Waals surface area contributed by atoms with Crippen molar-refractivity contribution in [3.05, 3.63) is 106 Å². The standard InChI is InChI=1S/C30H27N3O9/c34-26(42-23-9-5-2-6-10-23)16-15-24-28(32-25(19-41-30(32)37)21-7-3-1-4-8-21)29(36)31(24)17-27(35)40-18-20-11-13-22(14-12-20)33(38)39/h1-14,24-25,28H,15-19H2. The number of carbonyl (C=O) groups excluding carboxylic acids is 4. The molecule has 2 heterocycles. The Morgan fingerprint density at radius 3 is 2.26 bits per heavy atom. The second kappa shape index (κ2) is 12.5. The van der Waals surface area contributed by atoms with E-state index in [-0.39, 0.29) is 31.7 Å². The summed E-state index contributed by atoms with van der Waals surface area (Å²) in [6.45, 7) is -0.489. The number of para-hydroxylation sites is 1. The van der Waals surface area contributed by atoms with E-state index in [1.54, 1.807) is 30.3 Å². The van der Waals surface area contributed by atoms with Crippen molar-refractivity contribution in [3.8, 4) is 5.75 Å². The van der Waals surface area contributed by atoms with Crippen LogP contribution in [0.2, 0.25) is 0 Å². The molecule has 5 rings (SSSR count). The lowest BCUT2D eigenvalue weighted by atomic mass is 9.88. The fourth-order valence-electron chi connectivity index (χ4n) is 5.07. The molecule has 12 heteroatoms. The van der Waals surface area contributed by atoms with Crippen molar-refractivity contribution >= 4 is 29.6 Å². The molecule has 3 atom stereocenters. The highest BCUT2D eigenvalue weighted by Gasteiger charge is 2.56. The van der Waals surface area contributed by atoms with Crippen LogP contribution >= 0.6 is 0 Å². The van der Waals surface area contributed by atoms with Crippen LogP contribution in [0.1, 0.15) is 30.0 Å². The van der Waals surface area contributed by atoms with Gasteiger partial charge in [0, 0.05) is 18.6 Å². The highest BCUT2D eigenvalue weighted by Crippen LogP contribution is 2.38. The van der Waals surface area contributed by atoms with Gasteiger partial charge in [0.1, 0.15) is 31.5 Å². The van der Waals surface area contributed by atoms with E-state index in [0.717, 1.165) is 5.56 Å². The smallest absolute Gasteiger partial charge is 0.411 e. The van der Waals surface area contributed by atoms with E-state index in [0.29, 0.717) is 11.3 Å². The van der Waals surface area contributed by atoms with E-state index in [1.807, 2.05) is 30.3 Å². The van der Waals surface area contributed by atoms with Gasteiger partial charge in [-0.2, -0.15) is 0 Å². The summed E-state index contributed by atoms with van der Waals surface area (Å²) in [6.07, 6.45) is -0.598. The summed E-state index contributed by atoms with van der Waals surface area (Å²) in [4.78, 5) is 64.6. The Balaban J connectivity index is 1.28. The summed E-state index contributed by atoms with van der Waals surface area (Å²) in [5.74, 6) is -1.32. The van der Waals surface area contributed by atoms with Gasteiger partial charge in [-0.25, -0.2) is 4.79 Å². The SMILES string of the molecule is O=C(CN1C(=O)C(N2C(=O)OCC2c2ccccc2)C1CCC(=O)Oc1ccccc1)OCc1ccc([N+](=O)[O-])cc1. The lowest BCUT2D eigenvalue weighted by Crippen LogP contribution is -2.71. The van der Waals surface area contributed by atoms with Gasteiger partial charge in [0.25, 0.3) is 5.69 Å². The van der Waals surface area contributed by atoms with Gasteiger partial charge in [0.15, 0.2) is 0 Å². The molecule has 2 fully saturated rings. The second-order valence-electron chi connectivity index (χ2n) is 9.80. The van der Waals surface area contributed by atoms with Gasteiger partial charge in [0.2, 0.25) is 5.91 Å². The number of hydrogen-bond donors (Lipinski definition) is 0. The van der Waals surface area contributed by atoms with Gasteiger partial charge in [-0.3, -0.25) is 29.4 Å². The number of likely N-dealkylation sites (tertiary alicyclic amines) is 1. The number of ether oxygens (including phenoxy) is 3. The first-order chi connectivity index (χ1) is 20.3. The Kier molecular flexibility index (Phi) is 8.42. The molecule has 2 aliphatic heterocycles. The minimum atomic E-state index is -0.947. The van der Waals surface area contributed by atoms with E-state index in [4.69, 9.17) is 14.2 Å². The molecule has 0 bridgehead atoms. The molecule has 3 aromatic rings. The maximum absolute atomic E-state index is 13.4. The van der Waals surface area contributed by atoms with Crippen LogP contribution in [0.15, 0.2) is 84.9 Å². The molecule has 2 saturated heterocycles. The molecule has 42 heavy (non-hydrogen) atoms. The normalized spacial score (nSPS) is 19.6. The molecule has 2 aliphatic rings. The predicted molar refractivity (Wildman–Crippen MR) is 146 cm³/mol. The number of β-lactam (4-membered cyclic amide) rings is 1. The zero-order chi connectivity index (χ0) is 29.6. The van der Waals surface area contributed by atoms with Crippen LogP contribution in [0.4, 0.5) is 10.5 Å². The average molecular weight is 574 g/mol. The lowest BCUT2D eigenvalue weighted by Gasteiger charge is -2.50. The molecule has 12 nitrogen and oxygen atoms in total. The third-order valence-corrected chi connectivity index (χ3v) is 7.16. The van der Waals surface area contributed by atoms with Crippen molar-refractivity contribution in [1.82, 2.24) is 9.80 Å². The number of hydrogen-bond acceptors (Lipinski definition) is 9. The number of amides is 2. The van der Waals surface area contributed by atoms with Crippen LogP contribution in [-0.2, 0) is 30.5 Å². The molecular formula is C30H27N3O9. The van der Waals surface area contributed by atoms with Crippen LogP contribution in [0, 0.1) is 10.1 Å². The first-order valence-electron chi connectivity index (χ1n) is 13.3. The molecule has 0 radical (unpaired) electrons. The number of nitrogens with zero attached hydrogens (tertiary/aromatic N) is 3. The molecule has 3 aromatic carbocycles. The van der Waals surface area contributed by atoms with Crippen LogP contribution in [0.5, 0.6) is 5.75 Å². The Labute approximate surface area is 240 Å². The second-order valence-corrected chi connectivity index (χ2v) is 9.80. The van der Waals surface area contributed by atoms with E-state index in [9.17, 15) is 29.3 Å². The minimum absolute atomic E-state index is 0.0622. The Hall–Kier alpha value is -5.26. The molecule has 0 saturated carbocycles. The van der Waals surface area contributed by atoms with Gasteiger partial charge in [-0.1, -0.05) is 48.5 Å². The molecule has 0 aromatic heterocycles. The minimum Gasteiger partial charge on any atom is -0.459 e. The monoisotopic (exact) mass is 573 g/mol. The van der Waals surface area contributed by atoms with Gasteiger partial charge in [-0.15, -0.1) is 0 Å². The largest absolute Gasteiger partial charge is 0.459 e. The molecule has 0 N–H and O–H groups in total.